The summed E-state index contributed by atoms with van der Waals surface area (Å²) in [5.41, 5.74) is 0. The Bertz CT molecular complexity index is 853. The second kappa shape index (κ2) is 20.8. The van der Waals surface area contributed by atoms with Crippen molar-refractivity contribution in [3.05, 3.63) is 0 Å². The summed E-state index contributed by atoms with van der Waals surface area (Å²) >= 11 is 15.3. The van der Waals surface area contributed by atoms with Gasteiger partial charge < -0.3 is 0 Å². The molecule has 258 valence electrons. The maximum atomic E-state index is 7.54. The number of nitrogens with zero attached hydrogens (tertiary/aromatic N) is 3. The minimum atomic E-state index is -1.02. The van der Waals surface area contributed by atoms with E-state index in [0.29, 0.717) is 21.0 Å². The summed E-state index contributed by atoms with van der Waals surface area (Å²) in [6.45, 7) is 0. The van der Waals surface area contributed by atoms with Gasteiger partial charge in [0.05, 0.1) is 0 Å². The summed E-state index contributed by atoms with van der Waals surface area (Å²) in [4.78, 5) is 10.5. The van der Waals surface area contributed by atoms with Gasteiger partial charge in [-0.1, -0.05) is 152 Å². The monoisotopic (exact) mass is 715 g/mol. The highest BCUT2D eigenvalue weighted by atomic mass is 35.5. The number of rotatable bonds is 8. The average Bonchev–Trinajstić information content (AvgIpc) is 2.95. The molecule has 45 heavy (non-hydrogen) atoms. The van der Waals surface area contributed by atoms with E-state index in [1.165, 1.54) is 180 Å². The molecule has 4 aliphatic carbocycles. The van der Waals surface area contributed by atoms with Gasteiger partial charge in [0, 0.05) is 21.0 Å². The van der Waals surface area contributed by atoms with Gasteiger partial charge in [-0.25, -0.2) is 3.71 Å². The van der Waals surface area contributed by atoms with Crippen molar-refractivity contribution in [2.45, 2.75) is 205 Å². The van der Waals surface area contributed by atoms with Crippen molar-refractivity contribution < 1.29 is 0 Å². The molecule has 4 saturated carbocycles. The summed E-state index contributed by atoms with van der Waals surface area (Å²) in [6.07, 6.45) is 37.5. The average molecular weight is 717 g/mol. The lowest BCUT2D eigenvalue weighted by Crippen LogP contribution is -2.49. The first-order valence-corrected chi connectivity index (χ1v) is 22.8. The minimum Gasteiger partial charge on any atom is -0.300 e. The van der Waals surface area contributed by atoms with E-state index < -0.39 is 4.45 Å². The predicted octanol–water partition coefficient (Wildman–Crippen LogP) is 12.2. The minimum absolute atomic E-state index is 0.513. The van der Waals surface area contributed by atoms with Gasteiger partial charge in [0.25, 0.3) is 4.45 Å². The maximum Gasteiger partial charge on any atom is 0.281 e. The number of nitrogens with one attached hydrogen (secondary N) is 2. The molecule has 0 aromatic heterocycles. The molecule has 0 spiro atoms. The molecule has 2 N–H and O–H groups in total. The highest BCUT2D eigenvalue weighted by Crippen LogP contribution is 2.44. The zero-order chi connectivity index (χ0) is 31.0. The number of alkyl halides is 1. The standard InChI is InChI=1S/C35H62ClN5S4/c36-35(42-29-21-13-5-1-6-14-22-29)38-33(40-43-30-23-15-7-2-8-16-24-30)37-34(39-35)41(44-31-25-17-9-3-10-18-26-31)45-32-27-19-11-4-12-20-28-32/h29-32H,1-28H2,(H2,37,38,39,40). The number of hydrogen-bond donors (Lipinski definition) is 2. The first-order valence-electron chi connectivity index (χ1n) is 19.0. The molecule has 0 saturated heterocycles. The number of hydrogen-bond acceptors (Lipinski definition) is 9. The third-order valence-corrected chi connectivity index (χ3v) is 15.9. The van der Waals surface area contributed by atoms with Gasteiger partial charge in [-0.3, -0.25) is 10.0 Å². The van der Waals surface area contributed by atoms with Crippen LogP contribution in [0.2, 0.25) is 0 Å². The Kier molecular flexibility index (Phi) is 17.0. The van der Waals surface area contributed by atoms with Crippen molar-refractivity contribution in [2.24, 2.45) is 9.98 Å². The van der Waals surface area contributed by atoms with E-state index in [4.69, 9.17) is 21.6 Å². The fourth-order valence-corrected chi connectivity index (χ4v) is 13.2. The van der Waals surface area contributed by atoms with Crippen LogP contribution < -0.4 is 10.0 Å². The SMILES string of the molecule is ClC1(SC2CCCCCCC2)N=C(NSC2CCCCCCC2)NC(N(SC2CCCCCCC2)SC2CCCCCCC2)=N1. The van der Waals surface area contributed by atoms with Gasteiger partial charge in [-0.2, -0.15) is 9.98 Å². The van der Waals surface area contributed by atoms with Gasteiger partial charge in [0.15, 0.2) is 0 Å². The molecule has 5 nitrogen and oxygen atoms in total. The molecule has 1 atom stereocenters. The number of guanidine groups is 2. The first kappa shape index (κ1) is 36.7. The van der Waals surface area contributed by atoms with Crippen molar-refractivity contribution in [1.82, 2.24) is 13.7 Å². The number of aliphatic imine (C=N–C) groups is 2. The quantitative estimate of drug-likeness (QED) is 0.147. The fraction of sp³-hybridized carbons (Fsp3) is 0.943. The van der Waals surface area contributed by atoms with Crippen molar-refractivity contribution in [1.29, 1.82) is 0 Å². The zero-order valence-electron chi connectivity index (χ0n) is 28.0. The molecular formula is C35H62ClN5S4. The molecule has 0 bridgehead atoms. The van der Waals surface area contributed by atoms with E-state index in [9.17, 15) is 0 Å². The van der Waals surface area contributed by atoms with Crippen molar-refractivity contribution in [3.63, 3.8) is 0 Å². The molecule has 4 fully saturated rings. The summed E-state index contributed by atoms with van der Waals surface area (Å²) in [5.74, 6) is 1.72. The summed E-state index contributed by atoms with van der Waals surface area (Å²) in [5, 5.41) is 6.14. The zero-order valence-corrected chi connectivity index (χ0v) is 32.0. The normalized spacial score (nSPS) is 28.4. The molecule has 0 amide bonds. The second-order valence-electron chi connectivity index (χ2n) is 14.2. The van der Waals surface area contributed by atoms with Crippen molar-refractivity contribution >= 4 is 71.1 Å². The van der Waals surface area contributed by atoms with Crippen molar-refractivity contribution in [3.8, 4) is 0 Å². The Morgan fingerprint density at radius 2 is 0.911 bits per heavy atom. The van der Waals surface area contributed by atoms with E-state index in [0.717, 1.165) is 11.9 Å². The van der Waals surface area contributed by atoms with Crippen LogP contribution in [0.4, 0.5) is 0 Å². The molecule has 0 aromatic rings. The Balaban J connectivity index is 1.36. The Labute approximate surface area is 298 Å². The van der Waals surface area contributed by atoms with Crippen LogP contribution in [0.1, 0.15) is 180 Å². The molecular weight excluding hydrogens is 654 g/mol. The molecule has 0 radical (unpaired) electrons. The van der Waals surface area contributed by atoms with E-state index in [-0.39, 0.29) is 0 Å². The molecule has 0 aromatic carbocycles. The van der Waals surface area contributed by atoms with Crippen LogP contribution in [0.25, 0.3) is 0 Å². The number of thioether (sulfide) groups is 1. The van der Waals surface area contributed by atoms with Crippen LogP contribution in [-0.4, -0.2) is 41.1 Å². The third kappa shape index (κ3) is 13.7. The second-order valence-corrected chi connectivity index (χ2v) is 20.3. The molecule has 1 aliphatic heterocycles. The van der Waals surface area contributed by atoms with Crippen LogP contribution in [0.15, 0.2) is 9.98 Å². The fourth-order valence-electron chi connectivity index (χ4n) is 7.51. The van der Waals surface area contributed by atoms with E-state index in [1.54, 1.807) is 0 Å². The highest BCUT2D eigenvalue weighted by molar-refractivity contribution is 8.13. The van der Waals surface area contributed by atoms with Crippen LogP contribution in [0.5, 0.6) is 0 Å². The lowest BCUT2D eigenvalue weighted by atomic mass is 10.0. The van der Waals surface area contributed by atoms with Crippen molar-refractivity contribution in [2.75, 3.05) is 0 Å². The number of halogens is 1. The van der Waals surface area contributed by atoms with Gasteiger partial charge in [-0.15, -0.1) is 0 Å². The van der Waals surface area contributed by atoms with E-state index in [2.05, 4.69) is 37.6 Å². The Morgan fingerprint density at radius 3 is 1.36 bits per heavy atom. The predicted molar refractivity (Wildman–Crippen MR) is 206 cm³/mol. The van der Waals surface area contributed by atoms with Gasteiger partial charge in [-0.05, 0) is 87.2 Å². The van der Waals surface area contributed by atoms with Crippen LogP contribution in [0.3, 0.4) is 0 Å². The van der Waals surface area contributed by atoms with E-state index >= 15 is 0 Å². The van der Waals surface area contributed by atoms with Gasteiger partial charge in [0.2, 0.25) is 11.9 Å². The largest absolute Gasteiger partial charge is 0.300 e. The molecule has 5 rings (SSSR count). The van der Waals surface area contributed by atoms with Crippen LogP contribution >= 0.6 is 59.2 Å². The Hall–Kier alpha value is 0.430. The summed E-state index contributed by atoms with van der Waals surface area (Å²) < 4.78 is 5.19. The summed E-state index contributed by atoms with van der Waals surface area (Å²) in [6, 6.07) is 0. The molecule has 5 aliphatic rings. The molecule has 1 heterocycles. The van der Waals surface area contributed by atoms with Gasteiger partial charge >= 0.3 is 0 Å². The first-order chi connectivity index (χ1) is 22.2. The molecule has 1 unspecified atom stereocenters. The maximum absolute atomic E-state index is 7.54. The van der Waals surface area contributed by atoms with Crippen LogP contribution in [-0.2, 0) is 0 Å². The Morgan fingerprint density at radius 1 is 0.533 bits per heavy atom. The highest BCUT2D eigenvalue weighted by Gasteiger charge is 2.38. The lowest BCUT2D eigenvalue weighted by molar-refractivity contribution is 0.508. The van der Waals surface area contributed by atoms with E-state index in [1.807, 2.05) is 23.7 Å². The molecule has 10 heteroatoms. The lowest BCUT2D eigenvalue weighted by Gasteiger charge is -2.36. The summed E-state index contributed by atoms with van der Waals surface area (Å²) in [7, 11) is 0. The smallest absolute Gasteiger partial charge is 0.281 e. The topological polar surface area (TPSA) is 52.0 Å². The van der Waals surface area contributed by atoms with Crippen LogP contribution in [0, 0.1) is 0 Å². The third-order valence-electron chi connectivity index (χ3n) is 10.2. The van der Waals surface area contributed by atoms with Gasteiger partial charge in [0.1, 0.15) is 0 Å².